The highest BCUT2D eigenvalue weighted by Gasteiger charge is 2.33. The van der Waals surface area contributed by atoms with Crippen molar-refractivity contribution >= 4 is 0 Å². The summed E-state index contributed by atoms with van der Waals surface area (Å²) in [4.78, 5) is 2.38. The number of rotatable bonds is 5. The molecule has 0 saturated carbocycles. The van der Waals surface area contributed by atoms with Crippen LogP contribution in [-0.2, 0) is 0 Å². The first kappa shape index (κ1) is 13.9. The van der Waals surface area contributed by atoms with E-state index in [1.807, 2.05) is 6.92 Å². The molecule has 0 spiro atoms. The third kappa shape index (κ3) is 4.81. The molecule has 1 heterocycles. The lowest BCUT2D eigenvalue weighted by molar-refractivity contribution is 0.0230. The number of nitrogens with zero attached hydrogens (tertiary/aromatic N) is 1. The Morgan fingerprint density at radius 1 is 1.44 bits per heavy atom. The van der Waals surface area contributed by atoms with E-state index in [2.05, 4.69) is 37.9 Å². The summed E-state index contributed by atoms with van der Waals surface area (Å²) in [5.41, 5.74) is -0.202. The molecule has 0 bridgehead atoms. The second kappa shape index (κ2) is 5.03. The van der Waals surface area contributed by atoms with Crippen LogP contribution in [0.5, 0.6) is 0 Å². The third-order valence-corrected chi connectivity index (χ3v) is 3.21. The normalized spacial score (nSPS) is 24.9. The van der Waals surface area contributed by atoms with Gasteiger partial charge in [-0.1, -0.05) is 27.7 Å². The van der Waals surface area contributed by atoms with Gasteiger partial charge < -0.3 is 10.4 Å². The smallest absolute Gasteiger partial charge is 0.0869 e. The largest absolute Gasteiger partial charge is 0.388 e. The van der Waals surface area contributed by atoms with Crippen molar-refractivity contribution in [2.24, 2.45) is 5.41 Å². The van der Waals surface area contributed by atoms with Crippen molar-refractivity contribution < 1.29 is 5.11 Å². The zero-order valence-electron chi connectivity index (χ0n) is 11.5. The van der Waals surface area contributed by atoms with Crippen molar-refractivity contribution in [2.75, 3.05) is 26.2 Å². The lowest BCUT2D eigenvalue weighted by atomic mass is 9.93. The van der Waals surface area contributed by atoms with Gasteiger partial charge in [-0.25, -0.2) is 0 Å². The Hall–Kier alpha value is -0.120. The van der Waals surface area contributed by atoms with Crippen molar-refractivity contribution in [3.05, 3.63) is 0 Å². The molecule has 1 aliphatic heterocycles. The van der Waals surface area contributed by atoms with E-state index in [0.29, 0.717) is 18.0 Å². The molecule has 1 fully saturated rings. The highest BCUT2D eigenvalue weighted by Crippen LogP contribution is 2.29. The summed E-state index contributed by atoms with van der Waals surface area (Å²) in [6.07, 6.45) is 1.24. The van der Waals surface area contributed by atoms with E-state index < -0.39 is 5.60 Å². The molecule has 1 saturated heterocycles. The summed E-state index contributed by atoms with van der Waals surface area (Å²) in [5.74, 6) is 0. The minimum Gasteiger partial charge on any atom is -0.388 e. The molecule has 0 aliphatic carbocycles. The van der Waals surface area contributed by atoms with E-state index in [-0.39, 0.29) is 0 Å². The molecule has 96 valence electrons. The van der Waals surface area contributed by atoms with Crippen LogP contribution in [0.1, 0.15) is 41.0 Å². The van der Waals surface area contributed by atoms with Gasteiger partial charge in [-0.05, 0) is 25.3 Å². The summed E-state index contributed by atoms with van der Waals surface area (Å²) in [6.45, 7) is 14.4. The van der Waals surface area contributed by atoms with Crippen molar-refractivity contribution in [2.45, 2.75) is 52.7 Å². The van der Waals surface area contributed by atoms with Crippen LogP contribution in [0.3, 0.4) is 0 Å². The molecule has 0 aromatic carbocycles. The fraction of sp³-hybridized carbons (Fsp3) is 1.00. The second-order valence-corrected chi connectivity index (χ2v) is 6.66. The Morgan fingerprint density at radius 2 is 2.06 bits per heavy atom. The predicted molar refractivity (Wildman–Crippen MR) is 68.6 cm³/mol. The number of β-amino-alcohol motifs (C(OH)–C–C–N with tert-alkyl or cyclic N) is 1. The molecule has 1 aliphatic rings. The van der Waals surface area contributed by atoms with Crippen molar-refractivity contribution in [1.82, 2.24) is 10.2 Å². The van der Waals surface area contributed by atoms with Gasteiger partial charge in [0.2, 0.25) is 0 Å². The number of nitrogens with one attached hydrogen (secondary N) is 1. The zero-order valence-corrected chi connectivity index (χ0v) is 11.5. The van der Waals surface area contributed by atoms with Crippen LogP contribution in [0.15, 0.2) is 0 Å². The summed E-state index contributed by atoms with van der Waals surface area (Å²) in [6, 6.07) is 0.432. The Balaban J connectivity index is 2.35. The topological polar surface area (TPSA) is 35.5 Å². The van der Waals surface area contributed by atoms with Crippen LogP contribution in [-0.4, -0.2) is 47.8 Å². The molecule has 1 unspecified atom stereocenters. The summed E-state index contributed by atoms with van der Waals surface area (Å²) in [5, 5.41) is 13.6. The fourth-order valence-corrected chi connectivity index (χ4v) is 2.32. The van der Waals surface area contributed by atoms with Gasteiger partial charge in [0.15, 0.2) is 0 Å². The Morgan fingerprint density at radius 3 is 2.50 bits per heavy atom. The molecule has 3 nitrogen and oxygen atoms in total. The van der Waals surface area contributed by atoms with Crippen molar-refractivity contribution in [3.63, 3.8) is 0 Å². The van der Waals surface area contributed by atoms with Crippen molar-refractivity contribution in [3.8, 4) is 0 Å². The lowest BCUT2D eigenvalue weighted by Crippen LogP contribution is -2.48. The highest BCUT2D eigenvalue weighted by atomic mass is 16.3. The first-order valence-corrected chi connectivity index (χ1v) is 6.38. The molecule has 0 amide bonds. The molecule has 16 heavy (non-hydrogen) atoms. The monoisotopic (exact) mass is 228 g/mol. The van der Waals surface area contributed by atoms with Crippen LogP contribution in [0.2, 0.25) is 0 Å². The molecule has 1 atom stereocenters. The minimum atomic E-state index is -0.620. The average molecular weight is 228 g/mol. The van der Waals surface area contributed by atoms with Gasteiger partial charge in [0, 0.05) is 25.7 Å². The number of hydrogen-bond donors (Lipinski definition) is 2. The average Bonchev–Trinajstić information content (AvgIpc) is 2.41. The molecule has 0 aromatic rings. The first-order valence-electron chi connectivity index (χ1n) is 6.38. The lowest BCUT2D eigenvalue weighted by Gasteiger charge is -2.30. The van der Waals surface area contributed by atoms with Crippen molar-refractivity contribution in [1.29, 1.82) is 0 Å². The molecule has 1 rings (SSSR count). The summed E-state index contributed by atoms with van der Waals surface area (Å²) >= 11 is 0. The quantitative estimate of drug-likeness (QED) is 0.748. The highest BCUT2D eigenvalue weighted by molar-refractivity contribution is 4.88. The Kier molecular flexibility index (Phi) is 4.38. The van der Waals surface area contributed by atoms with Gasteiger partial charge in [-0.15, -0.1) is 0 Å². The van der Waals surface area contributed by atoms with E-state index in [4.69, 9.17) is 0 Å². The third-order valence-electron chi connectivity index (χ3n) is 3.21. The SMILES string of the molecule is CC(C)NCC(C)(O)CN1CCC(C)(C)C1. The number of likely N-dealkylation sites (tertiary alicyclic amines) is 1. The Bertz CT molecular complexity index is 224. The van der Waals surface area contributed by atoms with Crippen LogP contribution in [0, 0.1) is 5.41 Å². The fourth-order valence-electron chi connectivity index (χ4n) is 2.32. The van der Waals surface area contributed by atoms with E-state index in [0.717, 1.165) is 19.6 Å². The van der Waals surface area contributed by atoms with Gasteiger partial charge in [0.25, 0.3) is 0 Å². The molecular weight excluding hydrogens is 200 g/mol. The number of aliphatic hydroxyl groups is 1. The number of hydrogen-bond acceptors (Lipinski definition) is 3. The molecule has 2 N–H and O–H groups in total. The van der Waals surface area contributed by atoms with Gasteiger partial charge >= 0.3 is 0 Å². The van der Waals surface area contributed by atoms with E-state index >= 15 is 0 Å². The van der Waals surface area contributed by atoms with Crippen LogP contribution < -0.4 is 5.32 Å². The Labute approximate surface area is 100 Å². The maximum atomic E-state index is 10.3. The standard InChI is InChI=1S/C13H28N2O/c1-11(2)14-8-13(5,16)10-15-7-6-12(3,4)9-15/h11,14,16H,6-10H2,1-5H3. The minimum absolute atomic E-state index is 0.418. The van der Waals surface area contributed by atoms with Crippen LogP contribution >= 0.6 is 0 Å². The second-order valence-electron chi connectivity index (χ2n) is 6.66. The van der Waals surface area contributed by atoms with Gasteiger partial charge in [0.1, 0.15) is 0 Å². The first-order chi connectivity index (χ1) is 7.20. The molecule has 0 aromatic heterocycles. The molecule has 3 heteroatoms. The van der Waals surface area contributed by atoms with E-state index in [1.165, 1.54) is 6.42 Å². The van der Waals surface area contributed by atoms with Crippen LogP contribution in [0.25, 0.3) is 0 Å². The van der Waals surface area contributed by atoms with E-state index in [1.54, 1.807) is 0 Å². The summed E-state index contributed by atoms with van der Waals surface area (Å²) in [7, 11) is 0. The summed E-state index contributed by atoms with van der Waals surface area (Å²) < 4.78 is 0. The van der Waals surface area contributed by atoms with E-state index in [9.17, 15) is 5.11 Å². The molecular formula is C13H28N2O. The molecule has 0 radical (unpaired) electrons. The maximum absolute atomic E-state index is 10.3. The van der Waals surface area contributed by atoms with Gasteiger partial charge in [-0.3, -0.25) is 4.90 Å². The van der Waals surface area contributed by atoms with Gasteiger partial charge in [0.05, 0.1) is 5.60 Å². The maximum Gasteiger partial charge on any atom is 0.0869 e. The predicted octanol–water partition coefficient (Wildman–Crippen LogP) is 1.47. The zero-order chi connectivity index (χ0) is 12.4. The van der Waals surface area contributed by atoms with Gasteiger partial charge in [-0.2, -0.15) is 0 Å². The van der Waals surface area contributed by atoms with Crippen LogP contribution in [0.4, 0.5) is 0 Å².